The van der Waals surface area contributed by atoms with Crippen molar-refractivity contribution in [3.8, 4) is 0 Å². The highest BCUT2D eigenvalue weighted by atomic mass is 15.3. The van der Waals surface area contributed by atoms with E-state index in [1.54, 1.807) is 0 Å². The molecule has 1 unspecified atom stereocenters. The molecule has 0 radical (unpaired) electrons. The molecule has 1 aromatic rings. The molecule has 5 nitrogen and oxygen atoms in total. The van der Waals surface area contributed by atoms with Crippen molar-refractivity contribution in [2.45, 2.75) is 33.2 Å². The van der Waals surface area contributed by atoms with Crippen LogP contribution in [0.3, 0.4) is 0 Å². The van der Waals surface area contributed by atoms with Crippen LogP contribution in [0, 0.1) is 0 Å². The minimum absolute atomic E-state index is 0.566. The highest BCUT2D eigenvalue weighted by molar-refractivity contribution is 5.50. The van der Waals surface area contributed by atoms with Gasteiger partial charge in [-0.15, -0.1) is 0 Å². The number of likely N-dealkylation sites (N-methyl/N-ethyl adjacent to an activating group) is 1. The Morgan fingerprint density at radius 2 is 2.11 bits per heavy atom. The summed E-state index contributed by atoms with van der Waals surface area (Å²) in [6.07, 6.45) is 0.871. The molecule has 0 amide bonds. The second-order valence-corrected chi connectivity index (χ2v) is 5.19. The number of piperazine rings is 1. The first kappa shape index (κ1) is 14.1. The van der Waals surface area contributed by atoms with E-state index in [2.05, 4.69) is 59.0 Å². The van der Waals surface area contributed by atoms with Crippen LogP contribution in [0.4, 0.5) is 11.6 Å². The fourth-order valence-electron chi connectivity index (χ4n) is 2.33. The van der Waals surface area contributed by atoms with Crippen molar-refractivity contribution in [1.29, 1.82) is 0 Å². The van der Waals surface area contributed by atoms with E-state index in [0.717, 1.165) is 50.1 Å². The first-order valence-electron chi connectivity index (χ1n) is 7.21. The molecule has 5 heteroatoms. The van der Waals surface area contributed by atoms with Gasteiger partial charge in [-0.1, -0.05) is 6.92 Å². The Balaban J connectivity index is 2.20. The highest BCUT2D eigenvalue weighted by Gasteiger charge is 2.22. The van der Waals surface area contributed by atoms with Crippen LogP contribution in [-0.2, 0) is 6.42 Å². The van der Waals surface area contributed by atoms with Crippen molar-refractivity contribution in [3.05, 3.63) is 11.9 Å². The Hall–Kier alpha value is -1.36. The smallest absolute Gasteiger partial charge is 0.134 e. The van der Waals surface area contributed by atoms with Crippen molar-refractivity contribution in [2.75, 3.05) is 43.4 Å². The number of hydrogen-bond donors (Lipinski definition) is 1. The van der Waals surface area contributed by atoms with E-state index in [1.165, 1.54) is 0 Å². The van der Waals surface area contributed by atoms with Crippen LogP contribution in [0.2, 0.25) is 0 Å². The Morgan fingerprint density at radius 3 is 2.74 bits per heavy atom. The van der Waals surface area contributed by atoms with Gasteiger partial charge in [-0.3, -0.25) is 0 Å². The predicted molar refractivity (Wildman–Crippen MR) is 79.9 cm³/mol. The molecule has 19 heavy (non-hydrogen) atoms. The lowest BCUT2D eigenvalue weighted by Crippen LogP contribution is -2.50. The maximum Gasteiger partial charge on any atom is 0.134 e. The lowest BCUT2D eigenvalue weighted by Gasteiger charge is -2.38. The molecule has 1 aliphatic heterocycles. The monoisotopic (exact) mass is 263 g/mol. The van der Waals surface area contributed by atoms with Crippen LogP contribution < -0.4 is 10.2 Å². The molecule has 1 saturated heterocycles. The van der Waals surface area contributed by atoms with E-state index < -0.39 is 0 Å². The van der Waals surface area contributed by atoms with E-state index in [0.29, 0.717) is 6.04 Å². The summed E-state index contributed by atoms with van der Waals surface area (Å²) in [6, 6.07) is 2.64. The summed E-state index contributed by atoms with van der Waals surface area (Å²) in [7, 11) is 2.18. The molecule has 0 bridgehead atoms. The molecule has 2 heterocycles. The Bertz CT molecular complexity index is 420. The summed E-state index contributed by atoms with van der Waals surface area (Å²) in [4.78, 5) is 13.9. The lowest BCUT2D eigenvalue weighted by molar-refractivity contribution is 0.233. The molecule has 1 atom stereocenters. The van der Waals surface area contributed by atoms with Crippen LogP contribution in [0.5, 0.6) is 0 Å². The fourth-order valence-corrected chi connectivity index (χ4v) is 2.33. The maximum absolute atomic E-state index is 4.67. The maximum atomic E-state index is 4.67. The third-order valence-electron chi connectivity index (χ3n) is 3.72. The average molecular weight is 263 g/mol. The molecule has 106 valence electrons. The van der Waals surface area contributed by atoms with Crippen LogP contribution in [0.25, 0.3) is 0 Å². The van der Waals surface area contributed by atoms with Gasteiger partial charge in [-0.2, -0.15) is 0 Å². The second kappa shape index (κ2) is 6.19. The molecule has 1 aliphatic rings. The van der Waals surface area contributed by atoms with Crippen molar-refractivity contribution >= 4 is 11.6 Å². The number of anilines is 2. The Labute approximate surface area is 116 Å². The van der Waals surface area contributed by atoms with Crippen molar-refractivity contribution in [2.24, 2.45) is 0 Å². The molecular formula is C14H25N5. The van der Waals surface area contributed by atoms with Gasteiger partial charge in [0.05, 0.1) is 0 Å². The number of nitrogens with one attached hydrogen (secondary N) is 1. The normalized spacial score (nSPS) is 20.6. The molecule has 0 saturated carbocycles. The summed E-state index contributed by atoms with van der Waals surface area (Å²) < 4.78 is 0. The molecule has 1 aromatic heterocycles. The van der Waals surface area contributed by atoms with E-state index in [9.17, 15) is 0 Å². The third-order valence-corrected chi connectivity index (χ3v) is 3.72. The van der Waals surface area contributed by atoms with Crippen molar-refractivity contribution in [3.63, 3.8) is 0 Å². The van der Waals surface area contributed by atoms with E-state index in [4.69, 9.17) is 0 Å². The summed E-state index contributed by atoms with van der Waals surface area (Å²) in [6.45, 7) is 10.5. The topological polar surface area (TPSA) is 44.3 Å². The lowest BCUT2D eigenvalue weighted by atomic mass is 10.2. The molecule has 1 fully saturated rings. The van der Waals surface area contributed by atoms with Gasteiger partial charge in [0.15, 0.2) is 0 Å². The SMILES string of the molecule is CCNc1cc(N2CCN(C)C(C)C2)nc(CC)n1. The van der Waals surface area contributed by atoms with Crippen LogP contribution in [0.15, 0.2) is 6.07 Å². The largest absolute Gasteiger partial charge is 0.370 e. The van der Waals surface area contributed by atoms with Gasteiger partial charge >= 0.3 is 0 Å². The summed E-state index contributed by atoms with van der Waals surface area (Å²) in [5, 5.41) is 3.29. The first-order chi connectivity index (χ1) is 9.13. The fraction of sp³-hybridized carbons (Fsp3) is 0.714. The summed E-state index contributed by atoms with van der Waals surface area (Å²) in [5.74, 6) is 2.92. The summed E-state index contributed by atoms with van der Waals surface area (Å²) in [5.41, 5.74) is 0. The second-order valence-electron chi connectivity index (χ2n) is 5.19. The highest BCUT2D eigenvalue weighted by Crippen LogP contribution is 2.19. The zero-order chi connectivity index (χ0) is 13.8. The van der Waals surface area contributed by atoms with Gasteiger partial charge < -0.3 is 15.1 Å². The summed E-state index contributed by atoms with van der Waals surface area (Å²) >= 11 is 0. The molecule has 1 N–H and O–H groups in total. The number of aryl methyl sites for hydroxylation is 1. The van der Waals surface area contributed by atoms with Crippen molar-refractivity contribution < 1.29 is 0 Å². The predicted octanol–water partition coefficient (Wildman–Crippen LogP) is 1.61. The van der Waals surface area contributed by atoms with Crippen LogP contribution in [-0.4, -0.2) is 54.1 Å². The van der Waals surface area contributed by atoms with Gasteiger partial charge in [0.2, 0.25) is 0 Å². The van der Waals surface area contributed by atoms with E-state index in [1.807, 2.05) is 0 Å². The zero-order valence-corrected chi connectivity index (χ0v) is 12.5. The third kappa shape index (κ3) is 3.35. The van der Waals surface area contributed by atoms with Gasteiger partial charge in [0.1, 0.15) is 17.5 Å². The minimum atomic E-state index is 0.566. The van der Waals surface area contributed by atoms with E-state index in [-0.39, 0.29) is 0 Å². The first-order valence-corrected chi connectivity index (χ1v) is 7.21. The van der Waals surface area contributed by atoms with Gasteiger partial charge in [-0.25, -0.2) is 9.97 Å². The minimum Gasteiger partial charge on any atom is -0.370 e. The molecule has 0 spiro atoms. The zero-order valence-electron chi connectivity index (χ0n) is 12.5. The van der Waals surface area contributed by atoms with Gasteiger partial charge in [0, 0.05) is 44.7 Å². The number of rotatable bonds is 4. The number of aromatic nitrogens is 2. The molecular weight excluding hydrogens is 238 g/mol. The van der Waals surface area contributed by atoms with E-state index >= 15 is 0 Å². The average Bonchev–Trinajstić information content (AvgIpc) is 2.42. The molecule has 0 aromatic carbocycles. The number of nitrogens with zero attached hydrogens (tertiary/aromatic N) is 4. The Kier molecular flexibility index (Phi) is 4.58. The van der Waals surface area contributed by atoms with Crippen molar-refractivity contribution in [1.82, 2.24) is 14.9 Å². The van der Waals surface area contributed by atoms with Crippen LogP contribution >= 0.6 is 0 Å². The standard InChI is InChI=1S/C14H25N5/c1-5-12-16-13(15-6-2)9-14(17-12)19-8-7-18(4)11(3)10-19/h9,11H,5-8,10H2,1-4H3,(H,15,16,17). The quantitative estimate of drug-likeness (QED) is 0.894. The van der Waals surface area contributed by atoms with Gasteiger partial charge in [0.25, 0.3) is 0 Å². The number of hydrogen-bond acceptors (Lipinski definition) is 5. The van der Waals surface area contributed by atoms with Crippen LogP contribution in [0.1, 0.15) is 26.6 Å². The Morgan fingerprint density at radius 1 is 1.32 bits per heavy atom. The van der Waals surface area contributed by atoms with Gasteiger partial charge in [-0.05, 0) is 20.9 Å². The molecule has 2 rings (SSSR count). The molecule has 0 aliphatic carbocycles.